The normalized spacial score (nSPS) is 10.9. The zero-order valence-corrected chi connectivity index (χ0v) is 16.1. The number of amides is 1. The van der Waals surface area contributed by atoms with Gasteiger partial charge < -0.3 is 5.32 Å². The number of anilines is 1. The SMILES string of the molecule is Cc1nc2ccc(NC(=O)c3ccccc3Cl)cc2c(=O)n1-c1ccc(F)cc1. The van der Waals surface area contributed by atoms with E-state index in [1.54, 1.807) is 49.4 Å². The molecule has 4 aromatic rings. The number of carbonyl (C=O) groups excluding carboxylic acids is 1. The summed E-state index contributed by atoms with van der Waals surface area (Å²) >= 11 is 6.07. The molecule has 0 fully saturated rings. The monoisotopic (exact) mass is 407 g/mol. The van der Waals surface area contributed by atoms with Crippen LogP contribution in [0.4, 0.5) is 10.1 Å². The second-order valence-electron chi connectivity index (χ2n) is 6.44. The molecule has 0 bridgehead atoms. The van der Waals surface area contributed by atoms with Crippen LogP contribution in [0.5, 0.6) is 0 Å². The summed E-state index contributed by atoms with van der Waals surface area (Å²) in [5.74, 6) is -0.298. The van der Waals surface area contributed by atoms with Crippen molar-refractivity contribution >= 4 is 34.1 Å². The van der Waals surface area contributed by atoms with Crippen LogP contribution in [0.2, 0.25) is 5.02 Å². The predicted molar refractivity (Wildman–Crippen MR) is 111 cm³/mol. The standard InChI is InChI=1S/C22H15ClFN3O2/c1-13-25-20-11-8-15(26-21(28)17-4-2-3-5-19(17)23)12-18(20)22(29)27(13)16-9-6-14(24)7-10-16/h2-12H,1H3,(H,26,28). The number of aromatic nitrogens is 2. The van der Waals surface area contributed by atoms with E-state index in [-0.39, 0.29) is 11.5 Å². The highest BCUT2D eigenvalue weighted by Gasteiger charge is 2.13. The van der Waals surface area contributed by atoms with Crippen LogP contribution in [0, 0.1) is 12.7 Å². The lowest BCUT2D eigenvalue weighted by Crippen LogP contribution is -2.22. The van der Waals surface area contributed by atoms with Crippen molar-refractivity contribution in [3.63, 3.8) is 0 Å². The number of benzene rings is 3. The second kappa shape index (κ2) is 7.48. The number of fused-ring (bicyclic) bond motifs is 1. The van der Waals surface area contributed by atoms with Gasteiger partial charge in [0.05, 0.1) is 27.2 Å². The largest absolute Gasteiger partial charge is 0.322 e. The Bertz CT molecular complexity index is 1300. The van der Waals surface area contributed by atoms with Gasteiger partial charge in [-0.15, -0.1) is 0 Å². The molecule has 0 atom stereocenters. The number of rotatable bonds is 3. The number of hydrogen-bond donors (Lipinski definition) is 1. The molecule has 5 nitrogen and oxygen atoms in total. The molecule has 0 unspecified atom stereocenters. The van der Waals surface area contributed by atoms with Crippen molar-refractivity contribution in [1.82, 2.24) is 9.55 Å². The minimum Gasteiger partial charge on any atom is -0.322 e. The molecule has 0 aliphatic heterocycles. The fourth-order valence-corrected chi connectivity index (χ4v) is 3.33. The van der Waals surface area contributed by atoms with E-state index >= 15 is 0 Å². The number of hydrogen-bond acceptors (Lipinski definition) is 3. The Balaban J connectivity index is 1.77. The van der Waals surface area contributed by atoms with E-state index in [1.165, 1.54) is 28.8 Å². The van der Waals surface area contributed by atoms with E-state index in [2.05, 4.69) is 10.3 Å². The molecular formula is C22H15ClFN3O2. The lowest BCUT2D eigenvalue weighted by atomic mass is 10.1. The molecule has 1 N–H and O–H groups in total. The van der Waals surface area contributed by atoms with Crippen molar-refractivity contribution in [2.45, 2.75) is 6.92 Å². The summed E-state index contributed by atoms with van der Waals surface area (Å²) in [4.78, 5) is 30.1. The Morgan fingerprint density at radius 3 is 2.52 bits per heavy atom. The van der Waals surface area contributed by atoms with Gasteiger partial charge in [-0.2, -0.15) is 0 Å². The van der Waals surface area contributed by atoms with Crippen LogP contribution in [0.25, 0.3) is 16.6 Å². The lowest BCUT2D eigenvalue weighted by Gasteiger charge is -2.12. The topological polar surface area (TPSA) is 64.0 Å². The zero-order chi connectivity index (χ0) is 20.5. The number of nitrogens with zero attached hydrogens (tertiary/aromatic N) is 2. The molecule has 0 saturated carbocycles. The third kappa shape index (κ3) is 3.62. The van der Waals surface area contributed by atoms with E-state index in [9.17, 15) is 14.0 Å². The van der Waals surface area contributed by atoms with Crippen LogP contribution >= 0.6 is 11.6 Å². The minimum absolute atomic E-state index is 0.312. The second-order valence-corrected chi connectivity index (χ2v) is 6.85. The van der Waals surface area contributed by atoms with Crippen molar-refractivity contribution in [2.75, 3.05) is 5.32 Å². The molecule has 0 radical (unpaired) electrons. The third-order valence-corrected chi connectivity index (χ3v) is 4.83. The van der Waals surface area contributed by atoms with Gasteiger partial charge in [-0.05, 0) is 61.5 Å². The Kier molecular flexibility index (Phi) is 4.86. The molecule has 0 aliphatic rings. The summed E-state index contributed by atoms with van der Waals surface area (Å²) < 4.78 is 14.7. The first-order chi connectivity index (χ1) is 13.9. The van der Waals surface area contributed by atoms with Gasteiger partial charge in [0.25, 0.3) is 11.5 Å². The van der Waals surface area contributed by atoms with Crippen LogP contribution in [-0.4, -0.2) is 15.5 Å². The van der Waals surface area contributed by atoms with Crippen LogP contribution < -0.4 is 10.9 Å². The minimum atomic E-state index is -0.391. The number of carbonyl (C=O) groups is 1. The number of halogens is 2. The molecule has 0 saturated heterocycles. The predicted octanol–water partition coefficient (Wildman–Crippen LogP) is 4.74. The molecule has 1 amide bonds. The Morgan fingerprint density at radius 2 is 1.79 bits per heavy atom. The molecule has 3 aromatic carbocycles. The average molecular weight is 408 g/mol. The van der Waals surface area contributed by atoms with Crippen molar-refractivity contribution in [3.05, 3.63) is 99.3 Å². The molecular weight excluding hydrogens is 393 g/mol. The van der Waals surface area contributed by atoms with Crippen molar-refractivity contribution in [1.29, 1.82) is 0 Å². The van der Waals surface area contributed by atoms with Crippen LogP contribution in [-0.2, 0) is 0 Å². The first kappa shape index (κ1) is 18.8. The van der Waals surface area contributed by atoms with Crippen molar-refractivity contribution < 1.29 is 9.18 Å². The molecule has 7 heteroatoms. The maximum Gasteiger partial charge on any atom is 0.266 e. The summed E-state index contributed by atoms with van der Waals surface area (Å²) in [6.07, 6.45) is 0. The average Bonchev–Trinajstić information content (AvgIpc) is 2.70. The van der Waals surface area contributed by atoms with E-state index in [4.69, 9.17) is 11.6 Å². The highest BCUT2D eigenvalue weighted by atomic mass is 35.5. The molecule has 144 valence electrons. The van der Waals surface area contributed by atoms with Gasteiger partial charge in [-0.3, -0.25) is 14.2 Å². The molecule has 1 heterocycles. The van der Waals surface area contributed by atoms with Gasteiger partial charge in [0.15, 0.2) is 0 Å². The van der Waals surface area contributed by atoms with Gasteiger partial charge >= 0.3 is 0 Å². The number of nitrogens with one attached hydrogen (secondary N) is 1. The third-order valence-electron chi connectivity index (χ3n) is 4.50. The summed E-state index contributed by atoms with van der Waals surface area (Å²) in [6, 6.07) is 17.2. The van der Waals surface area contributed by atoms with Gasteiger partial charge in [0.1, 0.15) is 11.6 Å². The summed E-state index contributed by atoms with van der Waals surface area (Å²) in [5, 5.41) is 3.42. The van der Waals surface area contributed by atoms with E-state index in [0.717, 1.165) is 0 Å². The maximum atomic E-state index is 13.2. The van der Waals surface area contributed by atoms with Gasteiger partial charge in [-0.1, -0.05) is 23.7 Å². The molecule has 0 aliphatic carbocycles. The first-order valence-electron chi connectivity index (χ1n) is 8.79. The van der Waals surface area contributed by atoms with Gasteiger partial charge in [0, 0.05) is 5.69 Å². The van der Waals surface area contributed by atoms with Crippen molar-refractivity contribution in [2.24, 2.45) is 0 Å². The molecule has 1 aromatic heterocycles. The van der Waals surface area contributed by atoms with E-state index in [0.29, 0.717) is 38.7 Å². The van der Waals surface area contributed by atoms with E-state index < -0.39 is 5.82 Å². The molecule has 4 rings (SSSR count). The zero-order valence-electron chi connectivity index (χ0n) is 15.3. The van der Waals surface area contributed by atoms with Crippen molar-refractivity contribution in [3.8, 4) is 5.69 Å². The Hall–Kier alpha value is -3.51. The summed E-state index contributed by atoms with van der Waals surface area (Å²) in [7, 11) is 0. The van der Waals surface area contributed by atoms with Crippen LogP contribution in [0.15, 0.2) is 71.5 Å². The smallest absolute Gasteiger partial charge is 0.266 e. The highest BCUT2D eigenvalue weighted by Crippen LogP contribution is 2.20. The number of aryl methyl sites for hydroxylation is 1. The van der Waals surface area contributed by atoms with Gasteiger partial charge in [-0.25, -0.2) is 9.37 Å². The highest BCUT2D eigenvalue weighted by molar-refractivity contribution is 6.34. The molecule has 29 heavy (non-hydrogen) atoms. The van der Waals surface area contributed by atoms with E-state index in [1.807, 2.05) is 0 Å². The van der Waals surface area contributed by atoms with Crippen LogP contribution in [0.1, 0.15) is 16.2 Å². The fourth-order valence-electron chi connectivity index (χ4n) is 3.11. The maximum absolute atomic E-state index is 13.2. The molecule has 0 spiro atoms. The quantitative estimate of drug-likeness (QED) is 0.533. The lowest BCUT2D eigenvalue weighted by molar-refractivity contribution is 0.102. The fraction of sp³-hybridized carbons (Fsp3) is 0.0455. The first-order valence-corrected chi connectivity index (χ1v) is 9.17. The Morgan fingerprint density at radius 1 is 1.07 bits per heavy atom. The summed E-state index contributed by atoms with van der Waals surface area (Å²) in [5.41, 5.74) is 1.47. The summed E-state index contributed by atoms with van der Waals surface area (Å²) in [6.45, 7) is 1.71. The van der Waals surface area contributed by atoms with Crippen LogP contribution in [0.3, 0.4) is 0 Å². The van der Waals surface area contributed by atoms with Gasteiger partial charge in [0.2, 0.25) is 0 Å². The Labute approximate surface area is 170 Å².